The first-order valence-corrected chi connectivity index (χ1v) is 6.13. The van der Waals surface area contributed by atoms with Gasteiger partial charge in [-0.15, -0.1) is 0 Å². The molecule has 0 bridgehead atoms. The highest BCUT2D eigenvalue weighted by Crippen LogP contribution is 2.11. The molecule has 0 spiro atoms. The van der Waals surface area contributed by atoms with Crippen LogP contribution in [0.4, 0.5) is 0 Å². The van der Waals surface area contributed by atoms with Crippen molar-refractivity contribution >= 4 is 12.0 Å². The number of carboxylic acid groups (broad SMARTS) is 1. The van der Waals surface area contributed by atoms with E-state index >= 15 is 0 Å². The fraction of sp³-hybridized carbons (Fsp3) is 0.692. The SMILES string of the molecule is C=C(CCCCCCCCCN=C=O)C(=O)O. The average Bonchev–Trinajstić information content (AvgIpc) is 2.31. The molecule has 96 valence electrons. The minimum Gasteiger partial charge on any atom is -0.478 e. The largest absolute Gasteiger partial charge is 0.478 e. The van der Waals surface area contributed by atoms with Crippen molar-refractivity contribution < 1.29 is 14.7 Å². The van der Waals surface area contributed by atoms with E-state index in [1.807, 2.05) is 0 Å². The van der Waals surface area contributed by atoms with E-state index in [1.165, 1.54) is 6.08 Å². The zero-order valence-corrected chi connectivity index (χ0v) is 10.3. The van der Waals surface area contributed by atoms with Crippen LogP contribution in [0.3, 0.4) is 0 Å². The predicted octanol–water partition coefficient (Wildman–Crippen LogP) is 3.08. The molecule has 0 rings (SSSR count). The average molecular weight is 239 g/mol. The van der Waals surface area contributed by atoms with Gasteiger partial charge >= 0.3 is 5.97 Å². The first kappa shape index (κ1) is 15.6. The standard InChI is InChI=1S/C13H21NO3/c1-12(13(16)17)9-7-5-3-2-4-6-8-10-14-11-15/h1-10H2,(H,16,17). The van der Waals surface area contributed by atoms with E-state index in [1.54, 1.807) is 0 Å². The molecule has 0 saturated heterocycles. The smallest absolute Gasteiger partial charge is 0.330 e. The van der Waals surface area contributed by atoms with Crippen molar-refractivity contribution in [2.45, 2.75) is 51.4 Å². The van der Waals surface area contributed by atoms with Crippen molar-refractivity contribution in [1.29, 1.82) is 0 Å². The first-order chi connectivity index (χ1) is 8.18. The number of hydrogen-bond acceptors (Lipinski definition) is 3. The number of nitrogens with zero attached hydrogens (tertiary/aromatic N) is 1. The summed E-state index contributed by atoms with van der Waals surface area (Å²) >= 11 is 0. The highest BCUT2D eigenvalue weighted by molar-refractivity contribution is 5.85. The van der Waals surface area contributed by atoms with Crippen LogP contribution in [0.2, 0.25) is 0 Å². The molecule has 0 atom stereocenters. The molecule has 0 aliphatic heterocycles. The minimum atomic E-state index is -0.888. The second-order valence-corrected chi connectivity index (χ2v) is 4.11. The second-order valence-electron chi connectivity index (χ2n) is 4.11. The Bertz CT molecular complexity index is 280. The van der Waals surface area contributed by atoms with Gasteiger partial charge in [0.05, 0.1) is 6.54 Å². The van der Waals surface area contributed by atoms with E-state index < -0.39 is 5.97 Å². The number of carbonyl (C=O) groups is 1. The maximum atomic E-state index is 10.5. The second kappa shape index (κ2) is 11.1. The number of unbranched alkanes of at least 4 members (excludes halogenated alkanes) is 6. The summed E-state index contributed by atoms with van der Waals surface area (Å²) in [6.07, 6.45) is 9.54. The molecule has 0 unspecified atom stereocenters. The van der Waals surface area contributed by atoms with Gasteiger partial charge in [0.1, 0.15) is 0 Å². The van der Waals surface area contributed by atoms with Gasteiger partial charge in [-0.1, -0.05) is 38.7 Å². The van der Waals surface area contributed by atoms with Crippen molar-refractivity contribution in [3.63, 3.8) is 0 Å². The summed E-state index contributed by atoms with van der Waals surface area (Å²) in [6, 6.07) is 0. The zero-order valence-electron chi connectivity index (χ0n) is 10.3. The molecule has 0 aromatic rings. The van der Waals surface area contributed by atoms with Gasteiger partial charge in [0.2, 0.25) is 6.08 Å². The number of rotatable bonds is 11. The van der Waals surface area contributed by atoms with Crippen LogP contribution in [0.25, 0.3) is 0 Å². The number of aliphatic carboxylic acids is 1. The van der Waals surface area contributed by atoms with Crippen molar-refractivity contribution in [2.75, 3.05) is 6.54 Å². The molecule has 0 aliphatic rings. The van der Waals surface area contributed by atoms with Crippen LogP contribution < -0.4 is 0 Å². The molecule has 0 fully saturated rings. The third-order valence-corrected chi connectivity index (χ3v) is 2.62. The van der Waals surface area contributed by atoms with Gasteiger partial charge in [0.15, 0.2) is 0 Å². The third kappa shape index (κ3) is 10.9. The molecule has 0 saturated carbocycles. The molecule has 0 aliphatic carbocycles. The number of carbonyl (C=O) groups excluding carboxylic acids is 1. The highest BCUT2D eigenvalue weighted by Gasteiger charge is 2.02. The fourth-order valence-electron chi connectivity index (χ4n) is 1.57. The number of aliphatic imine (C=N–C) groups is 1. The van der Waals surface area contributed by atoms with Gasteiger partial charge in [0.25, 0.3) is 0 Å². The van der Waals surface area contributed by atoms with Crippen molar-refractivity contribution in [3.8, 4) is 0 Å². The van der Waals surface area contributed by atoms with Crippen molar-refractivity contribution in [2.24, 2.45) is 4.99 Å². The Balaban J connectivity index is 3.16. The molecular weight excluding hydrogens is 218 g/mol. The van der Waals surface area contributed by atoms with Crippen LogP contribution in [0.1, 0.15) is 51.4 Å². The Morgan fingerprint density at radius 2 is 1.59 bits per heavy atom. The highest BCUT2D eigenvalue weighted by atomic mass is 16.4. The van der Waals surface area contributed by atoms with Crippen LogP contribution in [-0.2, 0) is 9.59 Å². The third-order valence-electron chi connectivity index (χ3n) is 2.62. The van der Waals surface area contributed by atoms with Crippen molar-refractivity contribution in [3.05, 3.63) is 12.2 Å². The molecule has 1 N–H and O–H groups in total. The van der Waals surface area contributed by atoms with Gasteiger partial charge in [-0.25, -0.2) is 14.6 Å². The van der Waals surface area contributed by atoms with Crippen molar-refractivity contribution in [1.82, 2.24) is 0 Å². The van der Waals surface area contributed by atoms with Gasteiger partial charge in [-0.05, 0) is 19.3 Å². The van der Waals surface area contributed by atoms with Gasteiger partial charge in [-0.3, -0.25) is 0 Å². The summed E-state index contributed by atoms with van der Waals surface area (Å²) in [4.78, 5) is 23.7. The van der Waals surface area contributed by atoms with Crippen LogP contribution in [0.15, 0.2) is 17.1 Å². The summed E-state index contributed by atoms with van der Waals surface area (Å²) in [6.45, 7) is 4.07. The lowest BCUT2D eigenvalue weighted by Gasteiger charge is -2.01. The summed E-state index contributed by atoms with van der Waals surface area (Å²) in [5.74, 6) is -0.888. The van der Waals surface area contributed by atoms with Crippen LogP contribution in [0, 0.1) is 0 Å². The predicted molar refractivity (Wildman–Crippen MR) is 66.7 cm³/mol. The monoisotopic (exact) mass is 239 g/mol. The minimum absolute atomic E-state index is 0.303. The molecule has 17 heavy (non-hydrogen) atoms. The Labute approximate surface area is 102 Å². The Kier molecular flexibility index (Phi) is 10.2. The quantitative estimate of drug-likeness (QED) is 0.261. The van der Waals surface area contributed by atoms with E-state index in [9.17, 15) is 9.59 Å². The number of isocyanates is 1. The Morgan fingerprint density at radius 1 is 1.06 bits per heavy atom. The summed E-state index contributed by atoms with van der Waals surface area (Å²) < 4.78 is 0. The van der Waals surface area contributed by atoms with Crippen LogP contribution in [-0.4, -0.2) is 23.7 Å². The molecule has 0 aromatic heterocycles. The molecule has 0 heterocycles. The summed E-state index contributed by atoms with van der Waals surface area (Å²) in [7, 11) is 0. The zero-order chi connectivity index (χ0) is 12.9. The van der Waals surface area contributed by atoms with Crippen LogP contribution in [0.5, 0.6) is 0 Å². The number of hydrogen-bond donors (Lipinski definition) is 1. The lowest BCUT2D eigenvalue weighted by atomic mass is 10.1. The maximum Gasteiger partial charge on any atom is 0.330 e. The molecule has 0 radical (unpaired) electrons. The van der Waals surface area contributed by atoms with E-state index in [4.69, 9.17) is 5.11 Å². The lowest BCUT2D eigenvalue weighted by Crippen LogP contribution is -1.98. The lowest BCUT2D eigenvalue weighted by molar-refractivity contribution is -0.132. The maximum absolute atomic E-state index is 10.5. The molecule has 4 heteroatoms. The molecular formula is C13H21NO3. The fourth-order valence-corrected chi connectivity index (χ4v) is 1.57. The Morgan fingerprint density at radius 3 is 2.12 bits per heavy atom. The van der Waals surface area contributed by atoms with Crippen LogP contribution >= 0.6 is 0 Å². The van der Waals surface area contributed by atoms with E-state index in [2.05, 4.69) is 11.6 Å². The normalized spacial score (nSPS) is 9.65. The van der Waals surface area contributed by atoms with Gasteiger partial charge < -0.3 is 5.11 Å². The molecule has 4 nitrogen and oxygen atoms in total. The number of carboxylic acids is 1. The van der Waals surface area contributed by atoms with E-state index in [0.717, 1.165) is 44.9 Å². The molecule has 0 amide bonds. The Hall–Kier alpha value is -1.41. The first-order valence-electron chi connectivity index (χ1n) is 6.13. The van der Waals surface area contributed by atoms with Gasteiger partial charge in [-0.2, -0.15) is 0 Å². The van der Waals surface area contributed by atoms with E-state index in [0.29, 0.717) is 18.5 Å². The summed E-state index contributed by atoms with van der Waals surface area (Å²) in [5, 5.41) is 8.59. The molecule has 0 aromatic carbocycles. The topological polar surface area (TPSA) is 66.7 Å². The van der Waals surface area contributed by atoms with E-state index in [-0.39, 0.29) is 0 Å². The van der Waals surface area contributed by atoms with Gasteiger partial charge in [0, 0.05) is 5.57 Å². The summed E-state index contributed by atoms with van der Waals surface area (Å²) in [5.41, 5.74) is 0.303.